The SMILES string of the molecule is CCN=C(NC1C2CCCOC2C1(C)C)N1CCC(N2CC=CC2)C1. The summed E-state index contributed by atoms with van der Waals surface area (Å²) < 4.78 is 6.07. The van der Waals surface area contributed by atoms with Crippen molar-refractivity contribution < 1.29 is 4.74 Å². The van der Waals surface area contributed by atoms with Crippen molar-refractivity contribution in [3.63, 3.8) is 0 Å². The van der Waals surface area contributed by atoms with Gasteiger partial charge in [0.25, 0.3) is 0 Å². The minimum Gasteiger partial charge on any atom is -0.377 e. The van der Waals surface area contributed by atoms with Crippen LogP contribution in [-0.2, 0) is 4.74 Å². The van der Waals surface area contributed by atoms with Gasteiger partial charge in [0.15, 0.2) is 5.96 Å². The standard InChI is InChI=1S/C20H34N4O/c1-4-21-19(24-12-9-15(14-24)23-10-5-6-11-23)22-17-16-8-7-13-25-18(16)20(17,2)3/h5-6,15-18H,4,7-14H2,1-3H3,(H,21,22). The Morgan fingerprint density at radius 3 is 2.84 bits per heavy atom. The van der Waals surface area contributed by atoms with Crippen LogP contribution in [0.15, 0.2) is 17.1 Å². The highest BCUT2D eigenvalue weighted by Gasteiger charge is 2.58. The van der Waals surface area contributed by atoms with Crippen molar-refractivity contribution in [3.8, 4) is 0 Å². The molecule has 0 bridgehead atoms. The maximum atomic E-state index is 6.07. The molecule has 5 heteroatoms. The second kappa shape index (κ2) is 6.92. The lowest BCUT2D eigenvalue weighted by Crippen LogP contribution is -2.71. The predicted molar refractivity (Wildman–Crippen MR) is 102 cm³/mol. The molecule has 1 saturated carbocycles. The summed E-state index contributed by atoms with van der Waals surface area (Å²) >= 11 is 0. The van der Waals surface area contributed by atoms with E-state index in [1.165, 1.54) is 19.3 Å². The molecule has 0 spiro atoms. The van der Waals surface area contributed by atoms with Crippen LogP contribution in [0, 0.1) is 11.3 Å². The van der Waals surface area contributed by atoms with Crippen LogP contribution in [-0.4, -0.2) is 73.3 Å². The second-order valence-corrected chi connectivity index (χ2v) is 8.65. The van der Waals surface area contributed by atoms with E-state index in [1.807, 2.05) is 0 Å². The molecule has 4 atom stereocenters. The molecule has 5 nitrogen and oxygen atoms in total. The summed E-state index contributed by atoms with van der Waals surface area (Å²) in [4.78, 5) is 9.92. The number of rotatable bonds is 3. The number of aliphatic imine (C=N–C) groups is 1. The Labute approximate surface area is 152 Å². The van der Waals surface area contributed by atoms with Gasteiger partial charge in [0.05, 0.1) is 6.10 Å². The van der Waals surface area contributed by atoms with Crippen molar-refractivity contribution in [2.75, 3.05) is 39.3 Å². The van der Waals surface area contributed by atoms with Gasteiger partial charge >= 0.3 is 0 Å². The second-order valence-electron chi connectivity index (χ2n) is 8.65. The summed E-state index contributed by atoms with van der Waals surface area (Å²) in [5, 5.41) is 3.86. The maximum Gasteiger partial charge on any atom is 0.194 e. The molecule has 4 unspecified atom stereocenters. The molecule has 0 aromatic rings. The molecular formula is C20H34N4O. The number of fused-ring (bicyclic) bond motifs is 1. The topological polar surface area (TPSA) is 40.1 Å². The number of hydrogen-bond acceptors (Lipinski definition) is 3. The third kappa shape index (κ3) is 3.10. The molecule has 4 aliphatic rings. The zero-order valence-corrected chi connectivity index (χ0v) is 16.1. The van der Waals surface area contributed by atoms with E-state index in [1.54, 1.807) is 0 Å². The average Bonchev–Trinajstić information content (AvgIpc) is 3.29. The summed E-state index contributed by atoms with van der Waals surface area (Å²) in [6.45, 7) is 13.1. The Morgan fingerprint density at radius 1 is 1.28 bits per heavy atom. The summed E-state index contributed by atoms with van der Waals surface area (Å²) in [6.07, 6.45) is 8.74. The first-order valence-electron chi connectivity index (χ1n) is 10.2. The van der Waals surface area contributed by atoms with Crippen molar-refractivity contribution >= 4 is 5.96 Å². The lowest BCUT2D eigenvalue weighted by Gasteiger charge is -2.60. The molecule has 3 fully saturated rings. The van der Waals surface area contributed by atoms with Gasteiger partial charge in [-0.2, -0.15) is 0 Å². The van der Waals surface area contributed by atoms with E-state index in [0.29, 0.717) is 24.1 Å². The predicted octanol–water partition coefficient (Wildman–Crippen LogP) is 2.10. The fourth-order valence-electron chi connectivity index (χ4n) is 5.37. The summed E-state index contributed by atoms with van der Waals surface area (Å²) in [6, 6.07) is 1.15. The molecule has 2 saturated heterocycles. The summed E-state index contributed by atoms with van der Waals surface area (Å²) in [5.74, 6) is 1.77. The van der Waals surface area contributed by atoms with E-state index < -0.39 is 0 Å². The number of hydrogen-bond donors (Lipinski definition) is 1. The van der Waals surface area contributed by atoms with Gasteiger partial charge in [-0.05, 0) is 26.2 Å². The molecule has 0 amide bonds. The third-order valence-corrected chi connectivity index (χ3v) is 6.75. The van der Waals surface area contributed by atoms with Gasteiger partial charge < -0.3 is 15.0 Å². The Balaban J connectivity index is 1.41. The van der Waals surface area contributed by atoms with E-state index in [9.17, 15) is 0 Å². The van der Waals surface area contributed by atoms with Crippen LogP contribution in [0.25, 0.3) is 0 Å². The van der Waals surface area contributed by atoms with E-state index in [-0.39, 0.29) is 5.41 Å². The molecule has 25 heavy (non-hydrogen) atoms. The normalized spacial score (nSPS) is 37.9. The van der Waals surface area contributed by atoms with E-state index in [0.717, 1.165) is 45.3 Å². The molecule has 1 N–H and O–H groups in total. The molecule has 0 aromatic heterocycles. The number of likely N-dealkylation sites (tertiary alicyclic amines) is 1. The molecule has 140 valence electrons. The smallest absolute Gasteiger partial charge is 0.194 e. The van der Waals surface area contributed by atoms with Gasteiger partial charge in [-0.1, -0.05) is 26.0 Å². The van der Waals surface area contributed by atoms with Crippen LogP contribution in [0.2, 0.25) is 0 Å². The van der Waals surface area contributed by atoms with Crippen LogP contribution < -0.4 is 5.32 Å². The van der Waals surface area contributed by atoms with Crippen molar-refractivity contribution in [2.24, 2.45) is 16.3 Å². The first kappa shape index (κ1) is 17.3. The Hall–Kier alpha value is -1.07. The highest BCUT2D eigenvalue weighted by molar-refractivity contribution is 5.81. The van der Waals surface area contributed by atoms with Crippen molar-refractivity contribution in [3.05, 3.63) is 12.2 Å². The zero-order chi connectivity index (χ0) is 17.4. The van der Waals surface area contributed by atoms with Gasteiger partial charge in [-0.25, -0.2) is 0 Å². The van der Waals surface area contributed by atoms with Crippen LogP contribution in [0.4, 0.5) is 0 Å². The Bertz CT molecular complexity index is 536. The molecule has 0 aromatic carbocycles. The third-order valence-electron chi connectivity index (χ3n) is 6.75. The fourth-order valence-corrected chi connectivity index (χ4v) is 5.37. The molecule has 0 radical (unpaired) electrons. The highest BCUT2D eigenvalue weighted by Crippen LogP contribution is 2.51. The van der Waals surface area contributed by atoms with Crippen molar-refractivity contribution in [1.29, 1.82) is 0 Å². The minimum atomic E-state index is 0.192. The monoisotopic (exact) mass is 346 g/mol. The molecule has 3 aliphatic heterocycles. The molecule has 3 heterocycles. The quantitative estimate of drug-likeness (QED) is 0.483. The van der Waals surface area contributed by atoms with Gasteiger partial charge in [-0.3, -0.25) is 9.89 Å². The summed E-state index contributed by atoms with van der Waals surface area (Å²) in [5.41, 5.74) is 0.192. The maximum absolute atomic E-state index is 6.07. The van der Waals surface area contributed by atoms with Crippen LogP contribution in [0.1, 0.15) is 40.0 Å². The highest BCUT2D eigenvalue weighted by atomic mass is 16.5. The van der Waals surface area contributed by atoms with Crippen LogP contribution in [0.3, 0.4) is 0 Å². The van der Waals surface area contributed by atoms with Gasteiger partial charge in [0.1, 0.15) is 0 Å². The van der Waals surface area contributed by atoms with Crippen LogP contribution >= 0.6 is 0 Å². The van der Waals surface area contributed by atoms with E-state index >= 15 is 0 Å². The first-order chi connectivity index (χ1) is 12.1. The first-order valence-corrected chi connectivity index (χ1v) is 10.2. The largest absolute Gasteiger partial charge is 0.377 e. The minimum absolute atomic E-state index is 0.192. The van der Waals surface area contributed by atoms with Gasteiger partial charge in [-0.15, -0.1) is 0 Å². The Kier molecular flexibility index (Phi) is 4.80. The zero-order valence-electron chi connectivity index (χ0n) is 16.1. The van der Waals surface area contributed by atoms with Crippen LogP contribution in [0.5, 0.6) is 0 Å². The average molecular weight is 347 g/mol. The van der Waals surface area contributed by atoms with E-state index in [2.05, 4.69) is 48.0 Å². The molecule has 1 aliphatic carbocycles. The molecule has 4 rings (SSSR count). The van der Waals surface area contributed by atoms with Gasteiger partial charge in [0, 0.05) is 62.7 Å². The summed E-state index contributed by atoms with van der Waals surface area (Å²) in [7, 11) is 0. The van der Waals surface area contributed by atoms with Crippen molar-refractivity contribution in [2.45, 2.75) is 58.2 Å². The lowest BCUT2D eigenvalue weighted by molar-refractivity contribution is -0.188. The number of guanidine groups is 1. The fraction of sp³-hybridized carbons (Fsp3) is 0.850. The number of ether oxygens (including phenoxy) is 1. The van der Waals surface area contributed by atoms with E-state index in [4.69, 9.17) is 9.73 Å². The number of nitrogens with one attached hydrogen (secondary N) is 1. The van der Waals surface area contributed by atoms with Gasteiger partial charge in [0.2, 0.25) is 0 Å². The molecular weight excluding hydrogens is 312 g/mol. The number of nitrogens with zero attached hydrogens (tertiary/aromatic N) is 3. The Morgan fingerprint density at radius 2 is 2.08 bits per heavy atom. The van der Waals surface area contributed by atoms with Crippen molar-refractivity contribution in [1.82, 2.24) is 15.1 Å². The lowest BCUT2D eigenvalue weighted by atomic mass is 9.55.